The van der Waals surface area contributed by atoms with Crippen LogP contribution in [0.25, 0.3) is 22.3 Å². The molecule has 1 amide bonds. The Hall–Kier alpha value is -2.99. The molecule has 2 heterocycles. The summed E-state index contributed by atoms with van der Waals surface area (Å²) in [6.07, 6.45) is 7.07. The van der Waals surface area contributed by atoms with E-state index in [0.29, 0.717) is 24.3 Å². The van der Waals surface area contributed by atoms with E-state index in [0.717, 1.165) is 36.0 Å². The number of fused-ring (bicyclic) bond motifs is 1. The lowest BCUT2D eigenvalue weighted by molar-refractivity contribution is 0.0951. The standard InChI is InChI=1S/C27H34N4O2/c1-2-17-31-24-11-6-5-10-23(24)29-25(27(31)33)21-12-14-22(15-13-21)26(32)28-16-9-20-30-18-7-3-4-8-19-30/h5-6,10-15H,2-4,7-9,16-20H2,1H3,(H,28,32). The molecule has 0 saturated carbocycles. The molecule has 1 aliphatic rings. The number of rotatable bonds is 8. The van der Waals surface area contributed by atoms with Gasteiger partial charge in [-0.25, -0.2) is 4.98 Å². The zero-order valence-corrected chi connectivity index (χ0v) is 19.6. The van der Waals surface area contributed by atoms with Crippen molar-refractivity contribution in [2.75, 3.05) is 26.2 Å². The van der Waals surface area contributed by atoms with E-state index in [-0.39, 0.29) is 11.5 Å². The smallest absolute Gasteiger partial charge is 0.277 e. The third-order valence-electron chi connectivity index (χ3n) is 6.36. The molecule has 1 aliphatic heterocycles. The molecule has 1 fully saturated rings. The van der Waals surface area contributed by atoms with E-state index in [2.05, 4.69) is 22.1 Å². The molecular weight excluding hydrogens is 412 g/mol. The summed E-state index contributed by atoms with van der Waals surface area (Å²) in [6.45, 7) is 6.77. The van der Waals surface area contributed by atoms with Crippen LogP contribution >= 0.6 is 0 Å². The molecule has 0 aliphatic carbocycles. The Labute approximate surface area is 195 Å². The second kappa shape index (κ2) is 11.2. The number of para-hydroxylation sites is 2. The topological polar surface area (TPSA) is 67.2 Å². The second-order valence-electron chi connectivity index (χ2n) is 8.85. The predicted octanol–water partition coefficient (Wildman–Crippen LogP) is 4.47. The third kappa shape index (κ3) is 5.69. The summed E-state index contributed by atoms with van der Waals surface area (Å²) < 4.78 is 1.79. The molecular formula is C27H34N4O2. The van der Waals surface area contributed by atoms with Crippen LogP contribution < -0.4 is 10.9 Å². The van der Waals surface area contributed by atoms with Crippen molar-refractivity contribution in [1.29, 1.82) is 0 Å². The van der Waals surface area contributed by atoms with Crippen LogP contribution in [0.3, 0.4) is 0 Å². The maximum Gasteiger partial charge on any atom is 0.277 e. The van der Waals surface area contributed by atoms with Crippen LogP contribution in [0.4, 0.5) is 0 Å². The van der Waals surface area contributed by atoms with Crippen molar-refractivity contribution in [3.8, 4) is 11.3 Å². The van der Waals surface area contributed by atoms with Crippen molar-refractivity contribution in [1.82, 2.24) is 19.8 Å². The van der Waals surface area contributed by atoms with Crippen molar-refractivity contribution in [3.63, 3.8) is 0 Å². The van der Waals surface area contributed by atoms with Gasteiger partial charge in [0.15, 0.2) is 0 Å². The van der Waals surface area contributed by atoms with Gasteiger partial charge in [0.2, 0.25) is 0 Å². The minimum atomic E-state index is -0.0961. The van der Waals surface area contributed by atoms with Gasteiger partial charge in [-0.05, 0) is 69.6 Å². The lowest BCUT2D eigenvalue weighted by Crippen LogP contribution is -2.30. The average Bonchev–Trinajstić information content (AvgIpc) is 3.12. The first-order chi connectivity index (χ1) is 16.2. The number of hydrogen-bond acceptors (Lipinski definition) is 4. The summed E-state index contributed by atoms with van der Waals surface area (Å²) in [5, 5.41) is 3.03. The van der Waals surface area contributed by atoms with E-state index >= 15 is 0 Å². The Balaban J connectivity index is 1.41. The quantitative estimate of drug-likeness (QED) is 0.519. The summed E-state index contributed by atoms with van der Waals surface area (Å²) in [7, 11) is 0. The first-order valence-electron chi connectivity index (χ1n) is 12.3. The lowest BCUT2D eigenvalue weighted by atomic mass is 10.1. The molecule has 174 valence electrons. The van der Waals surface area contributed by atoms with Crippen molar-refractivity contribution >= 4 is 16.9 Å². The van der Waals surface area contributed by atoms with Gasteiger partial charge in [0.05, 0.1) is 11.0 Å². The van der Waals surface area contributed by atoms with Crippen molar-refractivity contribution in [3.05, 3.63) is 64.4 Å². The number of nitrogens with zero attached hydrogens (tertiary/aromatic N) is 3. The molecule has 0 bridgehead atoms. The maximum atomic E-state index is 13.1. The minimum absolute atomic E-state index is 0.0766. The summed E-state index contributed by atoms with van der Waals surface area (Å²) in [5.74, 6) is -0.0766. The second-order valence-corrected chi connectivity index (χ2v) is 8.85. The van der Waals surface area contributed by atoms with E-state index in [4.69, 9.17) is 0 Å². The molecule has 0 atom stereocenters. The third-order valence-corrected chi connectivity index (χ3v) is 6.36. The van der Waals surface area contributed by atoms with Crippen LogP contribution in [0.5, 0.6) is 0 Å². The van der Waals surface area contributed by atoms with E-state index < -0.39 is 0 Å². The van der Waals surface area contributed by atoms with Gasteiger partial charge in [-0.3, -0.25) is 9.59 Å². The molecule has 2 aromatic carbocycles. The average molecular weight is 447 g/mol. The highest BCUT2D eigenvalue weighted by Gasteiger charge is 2.14. The summed E-state index contributed by atoms with van der Waals surface area (Å²) >= 11 is 0. The summed E-state index contributed by atoms with van der Waals surface area (Å²) in [4.78, 5) is 32.9. The number of hydrogen-bond donors (Lipinski definition) is 1. The normalized spacial score (nSPS) is 14.8. The van der Waals surface area contributed by atoms with E-state index in [1.807, 2.05) is 36.4 Å². The fraction of sp³-hybridized carbons (Fsp3) is 0.444. The number of carbonyl (C=O) groups is 1. The molecule has 0 spiro atoms. The van der Waals surface area contributed by atoms with Gasteiger partial charge in [0.25, 0.3) is 11.5 Å². The highest BCUT2D eigenvalue weighted by molar-refractivity contribution is 5.94. The molecule has 33 heavy (non-hydrogen) atoms. The van der Waals surface area contributed by atoms with Crippen LogP contribution in [0.1, 0.15) is 55.8 Å². The highest BCUT2D eigenvalue weighted by Crippen LogP contribution is 2.19. The van der Waals surface area contributed by atoms with Crippen LogP contribution in [-0.2, 0) is 6.54 Å². The molecule has 6 heteroatoms. The molecule has 1 aromatic heterocycles. The monoisotopic (exact) mass is 446 g/mol. The van der Waals surface area contributed by atoms with Gasteiger partial charge in [-0.1, -0.05) is 44.0 Å². The van der Waals surface area contributed by atoms with Crippen molar-refractivity contribution in [2.24, 2.45) is 0 Å². The van der Waals surface area contributed by atoms with E-state index in [1.54, 1.807) is 16.7 Å². The van der Waals surface area contributed by atoms with Gasteiger partial charge in [0.1, 0.15) is 5.69 Å². The largest absolute Gasteiger partial charge is 0.352 e. The molecule has 3 aromatic rings. The predicted molar refractivity (Wildman–Crippen MR) is 134 cm³/mol. The summed E-state index contributed by atoms with van der Waals surface area (Å²) in [6, 6.07) is 14.9. The molecule has 4 rings (SSSR count). The molecule has 1 N–H and O–H groups in total. The Morgan fingerprint density at radius 1 is 0.970 bits per heavy atom. The van der Waals surface area contributed by atoms with Crippen molar-refractivity contribution in [2.45, 2.75) is 52.0 Å². The number of benzene rings is 2. The van der Waals surface area contributed by atoms with Gasteiger partial charge in [0, 0.05) is 24.2 Å². The fourth-order valence-electron chi connectivity index (χ4n) is 4.57. The highest BCUT2D eigenvalue weighted by atomic mass is 16.1. The molecule has 1 saturated heterocycles. The number of amides is 1. The zero-order valence-electron chi connectivity index (χ0n) is 19.6. The number of likely N-dealkylation sites (tertiary alicyclic amines) is 1. The van der Waals surface area contributed by atoms with Crippen LogP contribution in [0, 0.1) is 0 Å². The Morgan fingerprint density at radius 3 is 2.42 bits per heavy atom. The zero-order chi connectivity index (χ0) is 23.0. The van der Waals surface area contributed by atoms with Gasteiger partial charge >= 0.3 is 0 Å². The Kier molecular flexibility index (Phi) is 7.89. The maximum absolute atomic E-state index is 13.1. The number of nitrogens with one attached hydrogen (secondary N) is 1. The van der Waals surface area contributed by atoms with Crippen LogP contribution in [-0.4, -0.2) is 46.5 Å². The van der Waals surface area contributed by atoms with Crippen molar-refractivity contribution < 1.29 is 4.79 Å². The SMILES string of the molecule is CCCn1c(=O)c(-c2ccc(C(=O)NCCCN3CCCCCC3)cc2)nc2ccccc21. The van der Waals surface area contributed by atoms with Gasteiger partial charge in [-0.15, -0.1) is 0 Å². The molecule has 0 unspecified atom stereocenters. The number of aromatic nitrogens is 2. The number of aryl methyl sites for hydroxylation is 1. The Morgan fingerprint density at radius 2 is 1.70 bits per heavy atom. The Bertz CT molecular complexity index is 1130. The fourth-order valence-corrected chi connectivity index (χ4v) is 4.57. The van der Waals surface area contributed by atoms with Gasteiger partial charge < -0.3 is 14.8 Å². The van der Waals surface area contributed by atoms with Gasteiger partial charge in [-0.2, -0.15) is 0 Å². The minimum Gasteiger partial charge on any atom is -0.352 e. The number of carbonyl (C=O) groups excluding carboxylic acids is 1. The first-order valence-corrected chi connectivity index (χ1v) is 12.3. The van der Waals surface area contributed by atoms with E-state index in [9.17, 15) is 9.59 Å². The molecule has 0 radical (unpaired) electrons. The first kappa shape index (κ1) is 23.2. The van der Waals surface area contributed by atoms with Crippen LogP contribution in [0.15, 0.2) is 53.3 Å². The molecule has 6 nitrogen and oxygen atoms in total. The van der Waals surface area contributed by atoms with E-state index in [1.165, 1.54) is 38.8 Å². The summed E-state index contributed by atoms with van der Waals surface area (Å²) in [5.41, 5.74) is 3.31. The van der Waals surface area contributed by atoms with Crippen LogP contribution in [0.2, 0.25) is 0 Å². The lowest BCUT2D eigenvalue weighted by Gasteiger charge is -2.19.